The van der Waals surface area contributed by atoms with Crippen LogP contribution in [0, 0.1) is 13.8 Å². The number of para-hydroxylation sites is 1. The van der Waals surface area contributed by atoms with E-state index in [1.807, 2.05) is 24.3 Å². The number of anilines is 1. The Kier molecular flexibility index (Phi) is 4.72. The first kappa shape index (κ1) is 18.4. The van der Waals surface area contributed by atoms with E-state index in [2.05, 4.69) is 9.97 Å². The molecule has 0 saturated heterocycles. The quantitative estimate of drug-likeness (QED) is 0.686. The molecule has 1 aromatic carbocycles. The molecule has 1 amide bonds. The number of aryl methyl sites for hydroxylation is 3. The van der Waals surface area contributed by atoms with Crippen molar-refractivity contribution in [2.24, 2.45) is 0 Å². The predicted molar refractivity (Wildman–Crippen MR) is 107 cm³/mol. The highest BCUT2D eigenvalue weighted by Crippen LogP contribution is 2.29. The fourth-order valence-corrected chi connectivity index (χ4v) is 4.63. The minimum atomic E-state index is -0.615. The number of nitrogens with zero attached hydrogens (tertiary/aromatic N) is 2. The minimum Gasteiger partial charge on any atom is -0.451 e. The largest absolute Gasteiger partial charge is 0.451 e. The van der Waals surface area contributed by atoms with Gasteiger partial charge in [-0.1, -0.05) is 18.2 Å². The highest BCUT2D eigenvalue weighted by Gasteiger charge is 2.25. The second-order valence-electron chi connectivity index (χ2n) is 6.74. The van der Waals surface area contributed by atoms with Crippen LogP contribution < -0.4 is 10.5 Å². The number of thiophene rings is 1. The van der Waals surface area contributed by atoms with Crippen LogP contribution in [-0.2, 0) is 16.0 Å². The molecule has 3 heterocycles. The summed E-state index contributed by atoms with van der Waals surface area (Å²) in [5.74, 6) is -0.389. The number of ether oxygens (including phenoxy) is 1. The summed E-state index contributed by atoms with van der Waals surface area (Å²) in [6.45, 7) is 3.63. The van der Waals surface area contributed by atoms with Gasteiger partial charge in [0.2, 0.25) is 0 Å². The molecular weight excluding hydrogens is 378 g/mol. The Bertz CT molecular complexity index is 1150. The number of carbonyl (C=O) groups excluding carboxylic acids is 2. The summed E-state index contributed by atoms with van der Waals surface area (Å²) in [5, 5.41) is 0.388. The van der Waals surface area contributed by atoms with Crippen molar-refractivity contribution in [2.75, 3.05) is 18.1 Å². The third kappa shape index (κ3) is 3.20. The van der Waals surface area contributed by atoms with E-state index in [1.165, 1.54) is 0 Å². The zero-order valence-corrected chi connectivity index (χ0v) is 16.4. The van der Waals surface area contributed by atoms with E-state index in [1.54, 1.807) is 18.7 Å². The van der Waals surface area contributed by atoms with Gasteiger partial charge in [-0.15, -0.1) is 11.3 Å². The van der Waals surface area contributed by atoms with Gasteiger partial charge in [-0.05, 0) is 43.9 Å². The molecule has 1 N–H and O–H groups in total. The number of aromatic amines is 1. The van der Waals surface area contributed by atoms with Crippen LogP contribution in [0.15, 0.2) is 29.1 Å². The summed E-state index contributed by atoms with van der Waals surface area (Å²) in [5.41, 5.74) is 2.24. The highest BCUT2D eigenvalue weighted by molar-refractivity contribution is 7.20. The summed E-state index contributed by atoms with van der Waals surface area (Å²) >= 11 is 1.11. The van der Waals surface area contributed by atoms with Gasteiger partial charge in [-0.3, -0.25) is 9.59 Å². The topological polar surface area (TPSA) is 92.4 Å². The second-order valence-corrected chi connectivity index (χ2v) is 7.74. The number of rotatable bonds is 3. The highest BCUT2D eigenvalue weighted by atomic mass is 32.1. The van der Waals surface area contributed by atoms with Gasteiger partial charge < -0.3 is 14.6 Å². The van der Waals surface area contributed by atoms with E-state index in [4.69, 9.17) is 4.74 Å². The molecule has 4 rings (SSSR count). The van der Waals surface area contributed by atoms with Gasteiger partial charge in [0, 0.05) is 12.2 Å². The van der Waals surface area contributed by atoms with Crippen molar-refractivity contribution in [3.63, 3.8) is 0 Å². The number of hydrogen-bond donors (Lipinski definition) is 1. The lowest BCUT2D eigenvalue weighted by Gasteiger charge is -2.29. The molecule has 0 unspecified atom stereocenters. The normalized spacial score (nSPS) is 13.4. The van der Waals surface area contributed by atoms with Crippen molar-refractivity contribution in [3.8, 4) is 0 Å². The number of H-pyrrole nitrogens is 1. The maximum atomic E-state index is 12.6. The van der Waals surface area contributed by atoms with E-state index >= 15 is 0 Å². The Morgan fingerprint density at radius 1 is 1.29 bits per heavy atom. The lowest BCUT2D eigenvalue weighted by Crippen LogP contribution is -2.38. The van der Waals surface area contributed by atoms with Crippen molar-refractivity contribution < 1.29 is 14.3 Å². The first-order chi connectivity index (χ1) is 13.5. The number of carbonyl (C=O) groups is 2. The molecule has 8 heteroatoms. The Morgan fingerprint density at radius 2 is 2.07 bits per heavy atom. The summed E-state index contributed by atoms with van der Waals surface area (Å²) in [6, 6.07) is 7.76. The van der Waals surface area contributed by atoms with Crippen LogP contribution >= 0.6 is 11.3 Å². The maximum absolute atomic E-state index is 12.6. The molecule has 3 aromatic rings. The van der Waals surface area contributed by atoms with Crippen molar-refractivity contribution >= 4 is 39.1 Å². The molecule has 0 radical (unpaired) electrons. The van der Waals surface area contributed by atoms with Crippen LogP contribution in [0.5, 0.6) is 0 Å². The summed E-state index contributed by atoms with van der Waals surface area (Å²) < 4.78 is 5.28. The van der Waals surface area contributed by atoms with Crippen molar-refractivity contribution in [1.82, 2.24) is 9.97 Å². The van der Waals surface area contributed by atoms with Crippen LogP contribution in [0.3, 0.4) is 0 Å². The molecule has 1 aliphatic heterocycles. The number of fused-ring (bicyclic) bond motifs is 2. The Labute approximate surface area is 165 Å². The van der Waals surface area contributed by atoms with Gasteiger partial charge in [0.25, 0.3) is 11.5 Å². The molecule has 0 atom stereocenters. The monoisotopic (exact) mass is 397 g/mol. The van der Waals surface area contributed by atoms with Crippen LogP contribution in [0.1, 0.15) is 33.0 Å². The first-order valence-electron chi connectivity index (χ1n) is 9.01. The molecule has 7 nitrogen and oxygen atoms in total. The van der Waals surface area contributed by atoms with Gasteiger partial charge in [0.15, 0.2) is 6.61 Å². The zero-order chi connectivity index (χ0) is 19.8. The lowest BCUT2D eigenvalue weighted by molar-refractivity contribution is -0.121. The average Bonchev–Trinajstić information content (AvgIpc) is 3.02. The second kappa shape index (κ2) is 7.20. The van der Waals surface area contributed by atoms with E-state index in [0.29, 0.717) is 33.0 Å². The zero-order valence-electron chi connectivity index (χ0n) is 15.6. The molecule has 2 aromatic heterocycles. The van der Waals surface area contributed by atoms with E-state index < -0.39 is 5.97 Å². The van der Waals surface area contributed by atoms with E-state index in [0.717, 1.165) is 35.4 Å². The molecule has 144 valence electrons. The number of esters is 1. The number of aromatic nitrogens is 2. The molecule has 0 spiro atoms. The molecule has 0 saturated carbocycles. The fraction of sp³-hybridized carbons (Fsp3) is 0.300. The fourth-order valence-electron chi connectivity index (χ4n) is 3.51. The standard InChI is InChI=1S/C20H19N3O4S/c1-11-16-18(25)21-12(2)22-19(16)28-17(11)20(26)27-10-15(24)23-9-5-7-13-6-3-4-8-14(13)23/h3-4,6,8H,5,7,9-10H2,1-2H3,(H,21,22,25). The summed E-state index contributed by atoms with van der Waals surface area (Å²) in [4.78, 5) is 46.7. The summed E-state index contributed by atoms with van der Waals surface area (Å²) in [6.07, 6.45) is 1.81. The number of benzene rings is 1. The van der Waals surface area contributed by atoms with Crippen molar-refractivity contribution in [2.45, 2.75) is 26.7 Å². The lowest BCUT2D eigenvalue weighted by atomic mass is 10.0. The van der Waals surface area contributed by atoms with Crippen LogP contribution in [0.2, 0.25) is 0 Å². The Balaban J connectivity index is 1.52. The smallest absolute Gasteiger partial charge is 0.349 e. The van der Waals surface area contributed by atoms with Crippen LogP contribution in [0.4, 0.5) is 5.69 Å². The van der Waals surface area contributed by atoms with E-state index in [-0.39, 0.29) is 18.1 Å². The molecule has 0 fully saturated rings. The number of hydrogen-bond acceptors (Lipinski definition) is 6. The SMILES string of the molecule is Cc1nc2sc(C(=O)OCC(=O)N3CCCc4ccccc43)c(C)c2c(=O)[nH]1. The van der Waals surface area contributed by atoms with Gasteiger partial charge in [-0.25, -0.2) is 9.78 Å². The first-order valence-corrected chi connectivity index (χ1v) is 9.83. The van der Waals surface area contributed by atoms with Gasteiger partial charge in [-0.2, -0.15) is 0 Å². The molecule has 0 bridgehead atoms. The maximum Gasteiger partial charge on any atom is 0.349 e. The van der Waals surface area contributed by atoms with Gasteiger partial charge in [0.1, 0.15) is 15.5 Å². The van der Waals surface area contributed by atoms with Crippen molar-refractivity contribution in [1.29, 1.82) is 0 Å². The summed E-state index contributed by atoms with van der Waals surface area (Å²) in [7, 11) is 0. The predicted octanol–water partition coefficient (Wildman–Crippen LogP) is 2.74. The third-order valence-electron chi connectivity index (χ3n) is 4.84. The van der Waals surface area contributed by atoms with Crippen molar-refractivity contribution in [3.05, 3.63) is 56.4 Å². The van der Waals surface area contributed by atoms with Gasteiger partial charge in [0.05, 0.1) is 5.39 Å². The average molecular weight is 397 g/mol. The molecule has 0 aliphatic carbocycles. The molecular formula is C20H19N3O4S. The van der Waals surface area contributed by atoms with Crippen LogP contribution in [0.25, 0.3) is 10.2 Å². The number of nitrogens with one attached hydrogen (secondary N) is 1. The number of amides is 1. The Hall–Kier alpha value is -3.00. The van der Waals surface area contributed by atoms with Gasteiger partial charge >= 0.3 is 5.97 Å². The van der Waals surface area contributed by atoms with E-state index in [9.17, 15) is 14.4 Å². The Morgan fingerprint density at radius 3 is 2.89 bits per heavy atom. The third-order valence-corrected chi connectivity index (χ3v) is 6.01. The minimum absolute atomic E-state index is 0.258. The van der Waals surface area contributed by atoms with Crippen LogP contribution in [-0.4, -0.2) is 35.0 Å². The molecule has 1 aliphatic rings. The molecule has 28 heavy (non-hydrogen) atoms.